The standard InChI is InChI=1S/C14H20ClN3O/c1-10(19)17-11-6-7-18(9-11)14(8-16)12-4-2-3-5-13(12)15/h2-5,11,14H,6-9,16H2,1H3,(H,17,19). The van der Waals surface area contributed by atoms with Gasteiger partial charge in [-0.3, -0.25) is 9.69 Å². The van der Waals surface area contributed by atoms with Gasteiger partial charge in [0.15, 0.2) is 0 Å². The number of carbonyl (C=O) groups excluding carboxylic acids is 1. The van der Waals surface area contributed by atoms with E-state index in [1.807, 2.05) is 24.3 Å². The molecule has 1 saturated heterocycles. The van der Waals surface area contributed by atoms with Crippen molar-refractivity contribution in [3.05, 3.63) is 34.9 Å². The van der Waals surface area contributed by atoms with Crippen molar-refractivity contribution in [2.45, 2.75) is 25.4 Å². The number of likely N-dealkylation sites (tertiary alicyclic amines) is 1. The SMILES string of the molecule is CC(=O)NC1CCN(C(CN)c2ccccc2Cl)C1. The van der Waals surface area contributed by atoms with Gasteiger partial charge in [0.1, 0.15) is 0 Å². The van der Waals surface area contributed by atoms with Crippen LogP contribution >= 0.6 is 11.6 Å². The zero-order chi connectivity index (χ0) is 13.8. The number of nitrogens with one attached hydrogen (secondary N) is 1. The summed E-state index contributed by atoms with van der Waals surface area (Å²) in [7, 11) is 0. The molecule has 2 atom stereocenters. The topological polar surface area (TPSA) is 58.4 Å². The van der Waals surface area contributed by atoms with E-state index in [-0.39, 0.29) is 18.0 Å². The molecule has 2 rings (SSSR count). The Balaban J connectivity index is 2.08. The van der Waals surface area contributed by atoms with E-state index in [0.717, 1.165) is 30.1 Å². The molecule has 3 N–H and O–H groups in total. The summed E-state index contributed by atoms with van der Waals surface area (Å²) in [6.45, 7) is 3.83. The first-order valence-corrected chi connectivity index (χ1v) is 6.95. The number of benzene rings is 1. The average Bonchev–Trinajstić information content (AvgIpc) is 2.80. The van der Waals surface area contributed by atoms with Gasteiger partial charge in [0.05, 0.1) is 0 Å². The second-order valence-electron chi connectivity index (χ2n) is 4.95. The Hall–Kier alpha value is -1.10. The zero-order valence-electron chi connectivity index (χ0n) is 11.1. The largest absolute Gasteiger partial charge is 0.352 e. The first-order chi connectivity index (χ1) is 9.11. The van der Waals surface area contributed by atoms with Crippen molar-refractivity contribution in [2.75, 3.05) is 19.6 Å². The van der Waals surface area contributed by atoms with Crippen LogP contribution in [0.5, 0.6) is 0 Å². The van der Waals surface area contributed by atoms with Gasteiger partial charge in [-0.1, -0.05) is 29.8 Å². The van der Waals surface area contributed by atoms with E-state index in [2.05, 4.69) is 10.2 Å². The van der Waals surface area contributed by atoms with Crippen molar-refractivity contribution < 1.29 is 4.79 Å². The van der Waals surface area contributed by atoms with Crippen LogP contribution in [-0.4, -0.2) is 36.5 Å². The Kier molecular flexibility index (Phi) is 4.80. The fraction of sp³-hybridized carbons (Fsp3) is 0.500. The number of carbonyl (C=O) groups is 1. The predicted molar refractivity (Wildman–Crippen MR) is 77.0 cm³/mol. The lowest BCUT2D eigenvalue weighted by Crippen LogP contribution is -2.38. The number of hydrogen-bond acceptors (Lipinski definition) is 3. The van der Waals surface area contributed by atoms with Crippen molar-refractivity contribution in [3.8, 4) is 0 Å². The quantitative estimate of drug-likeness (QED) is 0.880. The Bertz CT molecular complexity index is 452. The second kappa shape index (κ2) is 6.37. The summed E-state index contributed by atoms with van der Waals surface area (Å²) in [6.07, 6.45) is 0.959. The van der Waals surface area contributed by atoms with Crippen molar-refractivity contribution in [2.24, 2.45) is 5.73 Å². The molecule has 1 aromatic carbocycles. The smallest absolute Gasteiger partial charge is 0.217 e. The van der Waals surface area contributed by atoms with E-state index in [1.165, 1.54) is 0 Å². The van der Waals surface area contributed by atoms with Crippen LogP contribution in [0.1, 0.15) is 24.9 Å². The Morgan fingerprint density at radius 1 is 1.58 bits per heavy atom. The fourth-order valence-corrected chi connectivity index (χ4v) is 2.96. The summed E-state index contributed by atoms with van der Waals surface area (Å²) >= 11 is 6.24. The van der Waals surface area contributed by atoms with Crippen molar-refractivity contribution in [1.29, 1.82) is 0 Å². The molecule has 0 spiro atoms. The maximum absolute atomic E-state index is 11.1. The molecule has 1 aliphatic rings. The Morgan fingerprint density at radius 3 is 2.95 bits per heavy atom. The van der Waals surface area contributed by atoms with E-state index < -0.39 is 0 Å². The van der Waals surface area contributed by atoms with E-state index in [9.17, 15) is 4.79 Å². The summed E-state index contributed by atoms with van der Waals surface area (Å²) in [5.74, 6) is 0.0221. The normalized spacial score (nSPS) is 21.3. The van der Waals surface area contributed by atoms with E-state index >= 15 is 0 Å². The number of hydrogen-bond donors (Lipinski definition) is 2. The third-order valence-corrected chi connectivity index (χ3v) is 3.90. The molecule has 0 saturated carbocycles. The van der Waals surface area contributed by atoms with Crippen LogP contribution in [-0.2, 0) is 4.79 Å². The van der Waals surface area contributed by atoms with Gasteiger partial charge in [0.2, 0.25) is 5.91 Å². The summed E-state index contributed by atoms with van der Waals surface area (Å²) in [4.78, 5) is 13.4. The molecule has 19 heavy (non-hydrogen) atoms. The molecule has 2 unspecified atom stereocenters. The van der Waals surface area contributed by atoms with Crippen LogP contribution in [0.4, 0.5) is 0 Å². The highest BCUT2D eigenvalue weighted by molar-refractivity contribution is 6.31. The van der Waals surface area contributed by atoms with Gasteiger partial charge in [-0.2, -0.15) is 0 Å². The highest BCUT2D eigenvalue weighted by Crippen LogP contribution is 2.29. The zero-order valence-corrected chi connectivity index (χ0v) is 11.9. The maximum atomic E-state index is 11.1. The minimum Gasteiger partial charge on any atom is -0.352 e. The molecule has 4 nitrogen and oxygen atoms in total. The summed E-state index contributed by atoms with van der Waals surface area (Å²) in [5.41, 5.74) is 6.98. The van der Waals surface area contributed by atoms with Gasteiger partial charge in [0.25, 0.3) is 0 Å². The molecule has 5 heteroatoms. The average molecular weight is 282 g/mol. The summed E-state index contributed by atoms with van der Waals surface area (Å²) in [6, 6.07) is 8.14. The van der Waals surface area contributed by atoms with Gasteiger partial charge in [0, 0.05) is 43.7 Å². The molecule has 0 bridgehead atoms. The fourth-order valence-electron chi connectivity index (χ4n) is 2.69. The molecule has 1 amide bonds. The van der Waals surface area contributed by atoms with Gasteiger partial charge < -0.3 is 11.1 Å². The lowest BCUT2D eigenvalue weighted by atomic mass is 10.1. The van der Waals surface area contributed by atoms with Crippen LogP contribution < -0.4 is 11.1 Å². The molecule has 0 aromatic heterocycles. The molecule has 1 fully saturated rings. The maximum Gasteiger partial charge on any atom is 0.217 e. The molecule has 0 aliphatic carbocycles. The summed E-state index contributed by atoms with van der Waals surface area (Å²) < 4.78 is 0. The second-order valence-corrected chi connectivity index (χ2v) is 5.36. The lowest BCUT2D eigenvalue weighted by molar-refractivity contribution is -0.119. The predicted octanol–water partition coefficient (Wildman–Crippen LogP) is 1.55. The number of rotatable bonds is 4. The highest BCUT2D eigenvalue weighted by Gasteiger charge is 2.29. The van der Waals surface area contributed by atoms with Gasteiger partial charge in [-0.25, -0.2) is 0 Å². The number of halogens is 1. The minimum absolute atomic E-state index is 0.0221. The number of nitrogens with zero attached hydrogens (tertiary/aromatic N) is 1. The minimum atomic E-state index is 0.0221. The van der Waals surface area contributed by atoms with Crippen LogP contribution in [0.3, 0.4) is 0 Å². The molecule has 0 radical (unpaired) electrons. The van der Waals surface area contributed by atoms with E-state index in [0.29, 0.717) is 6.54 Å². The molecular weight excluding hydrogens is 262 g/mol. The first kappa shape index (κ1) is 14.3. The molecule has 1 heterocycles. The van der Waals surface area contributed by atoms with Crippen molar-refractivity contribution in [3.63, 3.8) is 0 Å². The Labute approximate surface area is 118 Å². The van der Waals surface area contributed by atoms with Crippen molar-refractivity contribution in [1.82, 2.24) is 10.2 Å². The molecule has 1 aromatic rings. The first-order valence-electron chi connectivity index (χ1n) is 6.57. The van der Waals surface area contributed by atoms with Gasteiger partial charge >= 0.3 is 0 Å². The van der Waals surface area contributed by atoms with Gasteiger partial charge in [-0.15, -0.1) is 0 Å². The van der Waals surface area contributed by atoms with E-state index in [1.54, 1.807) is 6.92 Å². The van der Waals surface area contributed by atoms with E-state index in [4.69, 9.17) is 17.3 Å². The Morgan fingerprint density at radius 2 is 2.32 bits per heavy atom. The number of amides is 1. The van der Waals surface area contributed by atoms with Crippen LogP contribution in [0.25, 0.3) is 0 Å². The molecule has 104 valence electrons. The lowest BCUT2D eigenvalue weighted by Gasteiger charge is -2.27. The highest BCUT2D eigenvalue weighted by atomic mass is 35.5. The van der Waals surface area contributed by atoms with Gasteiger partial charge in [-0.05, 0) is 18.1 Å². The molecule has 1 aliphatic heterocycles. The third-order valence-electron chi connectivity index (χ3n) is 3.56. The third kappa shape index (κ3) is 3.47. The van der Waals surface area contributed by atoms with Crippen LogP contribution in [0, 0.1) is 0 Å². The van der Waals surface area contributed by atoms with Crippen LogP contribution in [0.15, 0.2) is 24.3 Å². The summed E-state index contributed by atoms with van der Waals surface area (Å²) in [5, 5.41) is 3.71. The van der Waals surface area contributed by atoms with Crippen molar-refractivity contribution >= 4 is 17.5 Å². The van der Waals surface area contributed by atoms with Crippen LogP contribution in [0.2, 0.25) is 5.02 Å². The number of nitrogens with two attached hydrogens (primary N) is 1. The monoisotopic (exact) mass is 281 g/mol. The molecular formula is C14H20ClN3O.